The van der Waals surface area contributed by atoms with Gasteiger partial charge in [-0.25, -0.2) is 4.98 Å². The van der Waals surface area contributed by atoms with Gasteiger partial charge in [-0.2, -0.15) is 0 Å². The summed E-state index contributed by atoms with van der Waals surface area (Å²) in [7, 11) is 2.12. The van der Waals surface area contributed by atoms with Crippen LogP contribution in [-0.4, -0.2) is 44.2 Å². The fourth-order valence-electron chi connectivity index (χ4n) is 2.48. The van der Waals surface area contributed by atoms with Gasteiger partial charge in [0.05, 0.1) is 10.7 Å². The Hall–Kier alpha value is -2.08. The Morgan fingerprint density at radius 2 is 2.04 bits per heavy atom. The standard InChI is InChI=1S/C19H29N5S/c1-4-20-19(22-13-11-17-15-25-16(2)23-17)21-12-8-14-24(3)18-9-6-5-7-10-18/h5-7,9-10,15H,4,8,11-14H2,1-3H3,(H2,20,21,22). The number of para-hydroxylation sites is 1. The number of anilines is 1. The first-order valence-corrected chi connectivity index (χ1v) is 9.76. The zero-order valence-corrected chi connectivity index (χ0v) is 16.3. The van der Waals surface area contributed by atoms with Gasteiger partial charge in [0.15, 0.2) is 5.96 Å². The second-order valence-electron chi connectivity index (χ2n) is 5.91. The van der Waals surface area contributed by atoms with Gasteiger partial charge in [-0.05, 0) is 32.4 Å². The molecule has 2 N–H and O–H groups in total. The summed E-state index contributed by atoms with van der Waals surface area (Å²) in [5.41, 5.74) is 2.39. The maximum atomic E-state index is 4.67. The topological polar surface area (TPSA) is 52.6 Å². The van der Waals surface area contributed by atoms with E-state index in [1.807, 2.05) is 13.0 Å². The molecular weight excluding hydrogens is 330 g/mol. The number of thiazole rings is 1. The van der Waals surface area contributed by atoms with E-state index in [1.165, 1.54) is 5.69 Å². The molecule has 6 heteroatoms. The SMILES string of the molecule is CCNC(=NCCCN(C)c1ccccc1)NCCc1csc(C)n1. The predicted octanol–water partition coefficient (Wildman–Crippen LogP) is 3.08. The van der Waals surface area contributed by atoms with Crippen LogP contribution in [0.25, 0.3) is 0 Å². The fraction of sp³-hybridized carbons (Fsp3) is 0.474. The van der Waals surface area contributed by atoms with Gasteiger partial charge in [-0.15, -0.1) is 11.3 Å². The number of guanidine groups is 1. The quantitative estimate of drug-likeness (QED) is 0.410. The van der Waals surface area contributed by atoms with Gasteiger partial charge in [0.2, 0.25) is 0 Å². The van der Waals surface area contributed by atoms with Crippen LogP contribution in [-0.2, 0) is 6.42 Å². The second-order valence-corrected chi connectivity index (χ2v) is 6.97. The maximum Gasteiger partial charge on any atom is 0.191 e. The third-order valence-electron chi connectivity index (χ3n) is 3.80. The lowest BCUT2D eigenvalue weighted by Crippen LogP contribution is -2.38. The highest BCUT2D eigenvalue weighted by Gasteiger charge is 2.02. The van der Waals surface area contributed by atoms with Gasteiger partial charge < -0.3 is 15.5 Å². The normalized spacial score (nSPS) is 11.4. The van der Waals surface area contributed by atoms with Crippen molar-refractivity contribution in [3.63, 3.8) is 0 Å². The lowest BCUT2D eigenvalue weighted by molar-refractivity contribution is 0.761. The molecule has 0 radical (unpaired) electrons. The molecule has 0 aliphatic carbocycles. The first-order chi connectivity index (χ1) is 12.2. The van der Waals surface area contributed by atoms with Crippen LogP contribution >= 0.6 is 11.3 Å². The molecule has 0 saturated heterocycles. The van der Waals surface area contributed by atoms with Crippen LogP contribution in [0.5, 0.6) is 0 Å². The molecule has 0 saturated carbocycles. The van der Waals surface area contributed by atoms with Crippen molar-refractivity contribution in [3.8, 4) is 0 Å². The minimum atomic E-state index is 0.808. The maximum absolute atomic E-state index is 4.67. The molecule has 0 bridgehead atoms. The first-order valence-electron chi connectivity index (χ1n) is 8.88. The summed E-state index contributed by atoms with van der Waals surface area (Å²) in [5.74, 6) is 0.886. The number of nitrogens with one attached hydrogen (secondary N) is 2. The van der Waals surface area contributed by atoms with E-state index in [0.717, 1.165) is 55.7 Å². The molecule has 1 aromatic carbocycles. The monoisotopic (exact) mass is 359 g/mol. The van der Waals surface area contributed by atoms with E-state index in [-0.39, 0.29) is 0 Å². The van der Waals surface area contributed by atoms with Crippen LogP contribution < -0.4 is 15.5 Å². The van der Waals surface area contributed by atoms with Gasteiger partial charge >= 0.3 is 0 Å². The van der Waals surface area contributed by atoms with Crippen LogP contribution in [0, 0.1) is 6.92 Å². The molecule has 0 fully saturated rings. The van der Waals surface area contributed by atoms with E-state index in [9.17, 15) is 0 Å². The fourth-order valence-corrected chi connectivity index (χ4v) is 3.13. The minimum Gasteiger partial charge on any atom is -0.375 e. The Morgan fingerprint density at radius 3 is 2.72 bits per heavy atom. The summed E-state index contributed by atoms with van der Waals surface area (Å²) in [4.78, 5) is 11.4. The molecule has 0 spiro atoms. The lowest BCUT2D eigenvalue weighted by atomic mass is 10.3. The predicted molar refractivity (Wildman–Crippen MR) is 109 cm³/mol. The zero-order valence-electron chi connectivity index (χ0n) is 15.5. The molecule has 0 unspecified atom stereocenters. The molecule has 2 aromatic rings. The van der Waals surface area contributed by atoms with Crippen LogP contribution in [0.1, 0.15) is 24.0 Å². The third-order valence-corrected chi connectivity index (χ3v) is 4.63. The summed E-state index contributed by atoms with van der Waals surface area (Å²) in [6.45, 7) is 7.64. The molecular formula is C19H29N5S. The van der Waals surface area contributed by atoms with Gasteiger partial charge in [0.25, 0.3) is 0 Å². The van der Waals surface area contributed by atoms with Crippen molar-refractivity contribution in [1.29, 1.82) is 0 Å². The number of aliphatic imine (C=N–C) groups is 1. The number of rotatable bonds is 9. The first kappa shape index (κ1) is 19.2. The van der Waals surface area contributed by atoms with Gasteiger partial charge in [-0.1, -0.05) is 18.2 Å². The number of hydrogen-bond donors (Lipinski definition) is 2. The number of nitrogens with zero attached hydrogens (tertiary/aromatic N) is 3. The van der Waals surface area contributed by atoms with Crippen molar-refractivity contribution in [1.82, 2.24) is 15.6 Å². The van der Waals surface area contributed by atoms with Gasteiger partial charge in [-0.3, -0.25) is 4.99 Å². The van der Waals surface area contributed by atoms with Crippen LogP contribution in [0.3, 0.4) is 0 Å². The summed E-state index contributed by atoms with van der Waals surface area (Å²) < 4.78 is 0. The van der Waals surface area contributed by atoms with Gasteiger partial charge in [0.1, 0.15) is 0 Å². The minimum absolute atomic E-state index is 0.808. The molecule has 1 heterocycles. The summed E-state index contributed by atoms with van der Waals surface area (Å²) in [5, 5.41) is 9.94. The average Bonchev–Trinajstić information content (AvgIpc) is 3.04. The van der Waals surface area contributed by atoms with Crippen molar-refractivity contribution >= 4 is 23.0 Å². The van der Waals surface area contributed by atoms with Crippen molar-refractivity contribution in [2.24, 2.45) is 4.99 Å². The second kappa shape index (κ2) is 10.7. The molecule has 2 rings (SSSR count). The van der Waals surface area contributed by atoms with Crippen molar-refractivity contribution < 1.29 is 0 Å². The van der Waals surface area contributed by atoms with E-state index in [2.05, 4.69) is 69.1 Å². The number of hydrogen-bond acceptors (Lipinski definition) is 4. The number of aryl methyl sites for hydroxylation is 1. The smallest absolute Gasteiger partial charge is 0.191 e. The average molecular weight is 360 g/mol. The van der Waals surface area contributed by atoms with E-state index in [1.54, 1.807) is 11.3 Å². The van der Waals surface area contributed by atoms with Gasteiger partial charge in [0, 0.05) is 50.7 Å². The molecule has 0 atom stereocenters. The van der Waals surface area contributed by atoms with E-state index >= 15 is 0 Å². The van der Waals surface area contributed by atoms with Crippen molar-refractivity contribution in [2.45, 2.75) is 26.7 Å². The number of aromatic nitrogens is 1. The highest BCUT2D eigenvalue weighted by Crippen LogP contribution is 2.11. The Balaban J connectivity index is 1.71. The molecule has 5 nitrogen and oxygen atoms in total. The van der Waals surface area contributed by atoms with Crippen LogP contribution in [0.15, 0.2) is 40.7 Å². The Bertz CT molecular complexity index is 638. The number of benzene rings is 1. The molecule has 0 aliphatic heterocycles. The summed E-state index contributed by atoms with van der Waals surface area (Å²) in [6, 6.07) is 10.5. The summed E-state index contributed by atoms with van der Waals surface area (Å²) in [6.07, 6.45) is 1.94. The Morgan fingerprint density at radius 1 is 1.24 bits per heavy atom. The highest BCUT2D eigenvalue weighted by molar-refractivity contribution is 7.09. The molecule has 1 aromatic heterocycles. The van der Waals surface area contributed by atoms with Crippen molar-refractivity contribution in [2.75, 3.05) is 38.1 Å². The molecule has 0 aliphatic rings. The lowest BCUT2D eigenvalue weighted by Gasteiger charge is -2.18. The highest BCUT2D eigenvalue weighted by atomic mass is 32.1. The van der Waals surface area contributed by atoms with Crippen LogP contribution in [0.4, 0.5) is 5.69 Å². The third kappa shape index (κ3) is 7.13. The van der Waals surface area contributed by atoms with Crippen molar-refractivity contribution in [3.05, 3.63) is 46.4 Å². The molecule has 136 valence electrons. The Kier molecular flexibility index (Phi) is 8.25. The van der Waals surface area contributed by atoms with Crippen LogP contribution in [0.2, 0.25) is 0 Å². The van der Waals surface area contributed by atoms with E-state index in [0.29, 0.717) is 0 Å². The van der Waals surface area contributed by atoms with E-state index < -0.39 is 0 Å². The zero-order chi connectivity index (χ0) is 17.9. The largest absolute Gasteiger partial charge is 0.375 e. The molecule has 0 amide bonds. The van der Waals surface area contributed by atoms with E-state index in [4.69, 9.17) is 0 Å². The Labute approximate surface area is 155 Å². The molecule has 25 heavy (non-hydrogen) atoms. The summed E-state index contributed by atoms with van der Waals surface area (Å²) >= 11 is 1.70.